The fourth-order valence-corrected chi connectivity index (χ4v) is 4.65. The van der Waals surface area contributed by atoms with E-state index in [1.165, 1.54) is 50.7 Å². The maximum Gasteiger partial charge on any atom is 0.261 e. The molecule has 0 bridgehead atoms. The number of carbonyl (C=O) groups excluding carboxylic acids is 1. The zero-order chi connectivity index (χ0) is 30.1. The maximum absolute atomic E-state index is 15.2. The number of halogens is 2. The molecular formula is C31H26F2N4O5. The molecule has 0 aliphatic heterocycles. The number of amides is 1. The second-order valence-electron chi connectivity index (χ2n) is 9.50. The van der Waals surface area contributed by atoms with Crippen LogP contribution in [0.1, 0.15) is 27.3 Å². The van der Waals surface area contributed by atoms with Crippen LogP contribution in [0.25, 0.3) is 22.2 Å². The number of carbonyl (C=O) groups is 1. The Bertz CT molecular complexity index is 1920. The molecule has 5 rings (SSSR count). The van der Waals surface area contributed by atoms with E-state index in [0.29, 0.717) is 39.3 Å². The summed E-state index contributed by atoms with van der Waals surface area (Å²) in [5.74, 6) is -1.22. The predicted octanol–water partition coefficient (Wildman–Crippen LogP) is 6.25. The van der Waals surface area contributed by atoms with Crippen LogP contribution in [0.15, 0.2) is 59.5 Å². The molecule has 0 atom stereocenters. The lowest BCUT2D eigenvalue weighted by molar-refractivity contribution is 0.102. The van der Waals surface area contributed by atoms with Crippen molar-refractivity contribution in [2.75, 3.05) is 19.5 Å². The summed E-state index contributed by atoms with van der Waals surface area (Å²) < 4.78 is 45.3. The van der Waals surface area contributed by atoms with Crippen molar-refractivity contribution >= 4 is 22.6 Å². The number of hydrogen-bond donors (Lipinski definition) is 2. The van der Waals surface area contributed by atoms with E-state index in [9.17, 15) is 14.0 Å². The van der Waals surface area contributed by atoms with Gasteiger partial charge in [-0.15, -0.1) is 0 Å². The van der Waals surface area contributed by atoms with Crippen LogP contribution in [0.5, 0.6) is 23.1 Å². The van der Waals surface area contributed by atoms with E-state index in [4.69, 9.17) is 14.2 Å². The molecular weight excluding hydrogens is 546 g/mol. The first-order chi connectivity index (χ1) is 20.1. The third-order valence-corrected chi connectivity index (χ3v) is 6.68. The second kappa shape index (κ2) is 11.3. The molecule has 2 aromatic carbocycles. The predicted molar refractivity (Wildman–Crippen MR) is 154 cm³/mol. The van der Waals surface area contributed by atoms with Crippen LogP contribution >= 0.6 is 0 Å². The number of fused-ring (bicyclic) bond motifs is 1. The minimum atomic E-state index is -0.768. The first-order valence-electron chi connectivity index (χ1n) is 12.8. The Kier molecular flexibility index (Phi) is 7.58. The van der Waals surface area contributed by atoms with Gasteiger partial charge in [-0.2, -0.15) is 0 Å². The van der Waals surface area contributed by atoms with Gasteiger partial charge in [-0.3, -0.25) is 14.6 Å². The lowest BCUT2D eigenvalue weighted by Gasteiger charge is -2.14. The van der Waals surface area contributed by atoms with E-state index in [2.05, 4.69) is 20.3 Å². The lowest BCUT2D eigenvalue weighted by atomic mass is 9.98. The Morgan fingerprint density at radius 3 is 2.36 bits per heavy atom. The van der Waals surface area contributed by atoms with Crippen molar-refractivity contribution in [1.29, 1.82) is 0 Å². The van der Waals surface area contributed by atoms with Crippen molar-refractivity contribution in [2.45, 2.75) is 20.8 Å². The summed E-state index contributed by atoms with van der Waals surface area (Å²) in [6.45, 7) is 4.89. The molecule has 3 heterocycles. The monoisotopic (exact) mass is 572 g/mol. The Balaban J connectivity index is 1.43. The number of nitrogens with zero attached hydrogens (tertiary/aromatic N) is 2. The van der Waals surface area contributed by atoms with Crippen molar-refractivity contribution < 1.29 is 27.8 Å². The van der Waals surface area contributed by atoms with Gasteiger partial charge in [0.1, 0.15) is 16.9 Å². The van der Waals surface area contributed by atoms with E-state index in [0.717, 1.165) is 6.07 Å². The Morgan fingerprint density at radius 2 is 1.67 bits per heavy atom. The van der Waals surface area contributed by atoms with Gasteiger partial charge in [-0.25, -0.2) is 13.8 Å². The molecule has 0 spiro atoms. The van der Waals surface area contributed by atoms with Gasteiger partial charge in [0.15, 0.2) is 23.1 Å². The number of aromatic nitrogens is 3. The number of pyridine rings is 3. The topological polar surface area (TPSA) is 115 Å². The number of aryl methyl sites for hydroxylation is 3. The summed E-state index contributed by atoms with van der Waals surface area (Å²) in [7, 11) is 2.92. The van der Waals surface area contributed by atoms with Crippen LogP contribution in [0.3, 0.4) is 0 Å². The fraction of sp³-hybridized carbons (Fsp3) is 0.161. The third kappa shape index (κ3) is 5.24. The molecule has 0 fully saturated rings. The highest BCUT2D eigenvalue weighted by Gasteiger charge is 2.21. The SMILES string of the molecule is COc1cc2nccc(Oc3ccc(NC(=O)c4c(C)[nH]c(C)c(-c5ccc(F)c(C)c5)c4=O)cc3F)c2nc1OC. The van der Waals surface area contributed by atoms with Crippen LogP contribution in [0.4, 0.5) is 14.5 Å². The zero-order valence-corrected chi connectivity index (χ0v) is 23.4. The van der Waals surface area contributed by atoms with E-state index in [1.807, 2.05) is 0 Å². The quantitative estimate of drug-likeness (QED) is 0.237. The first kappa shape index (κ1) is 28.2. The summed E-state index contributed by atoms with van der Waals surface area (Å²) in [6.07, 6.45) is 1.49. The Labute approximate surface area is 239 Å². The van der Waals surface area contributed by atoms with Crippen LogP contribution in [0, 0.1) is 32.4 Å². The summed E-state index contributed by atoms with van der Waals surface area (Å²) in [5.41, 5.74) is 2.16. The number of nitrogens with one attached hydrogen (secondary N) is 2. The molecule has 0 aliphatic rings. The van der Waals surface area contributed by atoms with Crippen molar-refractivity contribution in [3.05, 3.63) is 99.1 Å². The molecule has 0 saturated heterocycles. The number of methoxy groups -OCH3 is 2. The number of aromatic amines is 1. The van der Waals surface area contributed by atoms with Gasteiger partial charge >= 0.3 is 0 Å². The summed E-state index contributed by atoms with van der Waals surface area (Å²) in [6, 6.07) is 11.3. The Morgan fingerprint density at radius 1 is 0.881 bits per heavy atom. The van der Waals surface area contributed by atoms with Gasteiger partial charge in [0.2, 0.25) is 5.43 Å². The van der Waals surface area contributed by atoms with E-state index >= 15 is 4.39 Å². The molecule has 11 heteroatoms. The minimum Gasteiger partial charge on any atom is -0.491 e. The average molecular weight is 573 g/mol. The number of ether oxygens (including phenoxy) is 3. The molecule has 2 N–H and O–H groups in total. The van der Waals surface area contributed by atoms with Crippen LogP contribution < -0.4 is 25.0 Å². The lowest BCUT2D eigenvalue weighted by Crippen LogP contribution is -2.26. The van der Waals surface area contributed by atoms with E-state index in [-0.39, 0.29) is 34.2 Å². The second-order valence-corrected chi connectivity index (χ2v) is 9.50. The minimum absolute atomic E-state index is 0.104. The van der Waals surface area contributed by atoms with Crippen LogP contribution in [0.2, 0.25) is 0 Å². The average Bonchev–Trinajstić information content (AvgIpc) is 2.95. The molecule has 0 aliphatic carbocycles. The molecule has 9 nitrogen and oxygen atoms in total. The fourth-order valence-electron chi connectivity index (χ4n) is 4.65. The molecule has 42 heavy (non-hydrogen) atoms. The number of anilines is 1. The van der Waals surface area contributed by atoms with Crippen LogP contribution in [-0.4, -0.2) is 35.1 Å². The van der Waals surface area contributed by atoms with Crippen molar-refractivity contribution in [3.63, 3.8) is 0 Å². The van der Waals surface area contributed by atoms with Gasteiger partial charge in [-0.05, 0) is 56.2 Å². The number of H-pyrrole nitrogens is 1. The molecule has 3 aromatic heterocycles. The van der Waals surface area contributed by atoms with Gasteiger partial charge in [0.25, 0.3) is 11.8 Å². The largest absolute Gasteiger partial charge is 0.491 e. The summed E-state index contributed by atoms with van der Waals surface area (Å²) >= 11 is 0. The van der Waals surface area contributed by atoms with E-state index in [1.54, 1.807) is 32.9 Å². The smallest absolute Gasteiger partial charge is 0.261 e. The Hall–Kier alpha value is -5.32. The number of benzene rings is 2. The van der Waals surface area contributed by atoms with Crippen molar-refractivity contribution in [2.24, 2.45) is 0 Å². The highest BCUT2D eigenvalue weighted by molar-refractivity contribution is 6.05. The van der Waals surface area contributed by atoms with Crippen LogP contribution in [-0.2, 0) is 0 Å². The van der Waals surface area contributed by atoms with E-state index < -0.39 is 23.0 Å². The standard InChI is InChI=1S/C31H26F2N4O5/c1-15-12-18(6-8-20(15)32)26-16(2)35-17(3)27(29(26)38)30(39)36-19-7-9-23(21(33)13-19)42-24-10-11-34-22-14-25(40-4)31(41-5)37-28(22)24/h6-14H,1-5H3,(H,35,38)(H,36,39). The zero-order valence-electron chi connectivity index (χ0n) is 23.4. The number of hydrogen-bond acceptors (Lipinski definition) is 7. The molecule has 5 aromatic rings. The van der Waals surface area contributed by atoms with Gasteiger partial charge < -0.3 is 24.5 Å². The highest BCUT2D eigenvalue weighted by atomic mass is 19.1. The molecule has 0 radical (unpaired) electrons. The molecule has 0 unspecified atom stereocenters. The normalized spacial score (nSPS) is 10.9. The first-order valence-corrected chi connectivity index (χ1v) is 12.8. The third-order valence-electron chi connectivity index (χ3n) is 6.68. The van der Waals surface area contributed by atoms with Gasteiger partial charge in [0.05, 0.1) is 19.7 Å². The highest BCUT2D eigenvalue weighted by Crippen LogP contribution is 2.35. The van der Waals surface area contributed by atoms with Crippen molar-refractivity contribution in [3.8, 4) is 34.3 Å². The molecule has 0 saturated carbocycles. The molecule has 214 valence electrons. The maximum atomic E-state index is 15.2. The van der Waals surface area contributed by atoms with Gasteiger partial charge in [-0.1, -0.05) is 6.07 Å². The number of rotatable bonds is 7. The summed E-state index contributed by atoms with van der Waals surface area (Å²) in [5, 5.41) is 2.58. The molecule has 1 amide bonds. The van der Waals surface area contributed by atoms with Crippen molar-refractivity contribution in [1.82, 2.24) is 15.0 Å². The summed E-state index contributed by atoms with van der Waals surface area (Å²) in [4.78, 5) is 38.4. The van der Waals surface area contributed by atoms with Gasteiger partial charge in [0, 0.05) is 47.0 Å².